The molecule has 3 heteroatoms. The molecule has 1 atom stereocenters. The second-order valence-electron chi connectivity index (χ2n) is 2.14. The molecular formula is C7H7ClN2. The molecule has 0 aliphatic carbocycles. The number of hydrogen-bond acceptors (Lipinski definition) is 2. The first-order valence-corrected chi connectivity index (χ1v) is 3.46. The van der Waals surface area contributed by atoms with Gasteiger partial charge in [-0.2, -0.15) is 5.26 Å². The van der Waals surface area contributed by atoms with Crippen molar-refractivity contribution in [2.24, 2.45) is 10.9 Å². The molecule has 0 spiro atoms. The van der Waals surface area contributed by atoms with E-state index in [9.17, 15) is 0 Å². The molecule has 0 amide bonds. The van der Waals surface area contributed by atoms with Crippen molar-refractivity contribution >= 4 is 16.8 Å². The molecule has 1 aliphatic rings. The molecule has 0 aromatic carbocycles. The molecule has 10 heavy (non-hydrogen) atoms. The molecule has 52 valence electrons. The highest BCUT2D eigenvalue weighted by atomic mass is 35.5. The summed E-state index contributed by atoms with van der Waals surface area (Å²) in [6.07, 6.45) is 4.20. The van der Waals surface area contributed by atoms with Crippen molar-refractivity contribution in [3.63, 3.8) is 0 Å². The summed E-state index contributed by atoms with van der Waals surface area (Å²) in [5, 5.41) is 8.86. The summed E-state index contributed by atoms with van der Waals surface area (Å²) in [6, 6.07) is 2.09. The largest absolute Gasteiger partial charge is 0.272 e. The number of dihydropyridines is 1. The van der Waals surface area contributed by atoms with Crippen LogP contribution in [0.3, 0.4) is 0 Å². The molecular weight excluding hydrogens is 148 g/mol. The lowest BCUT2D eigenvalue weighted by atomic mass is 10.1. The van der Waals surface area contributed by atoms with E-state index in [1.165, 1.54) is 0 Å². The first-order chi connectivity index (χ1) is 4.83. The molecule has 1 rings (SSSR count). The second-order valence-corrected chi connectivity index (χ2v) is 2.53. The van der Waals surface area contributed by atoms with Gasteiger partial charge in [0.1, 0.15) is 5.17 Å². The Morgan fingerprint density at radius 1 is 1.90 bits per heavy atom. The molecule has 0 radical (unpaired) electrons. The second kappa shape index (κ2) is 3.38. The Labute approximate surface area is 64.8 Å². The SMILES string of the molecule is N#CCC1C=CC(Cl)=NC1. The van der Waals surface area contributed by atoms with Crippen LogP contribution in [0.15, 0.2) is 17.1 Å². The average Bonchev–Trinajstić information content (AvgIpc) is 1.95. The van der Waals surface area contributed by atoms with Crippen LogP contribution in [0.4, 0.5) is 0 Å². The molecule has 0 saturated carbocycles. The number of hydrogen-bond donors (Lipinski definition) is 0. The maximum absolute atomic E-state index is 8.32. The van der Waals surface area contributed by atoms with Gasteiger partial charge in [0.15, 0.2) is 0 Å². The van der Waals surface area contributed by atoms with Crippen LogP contribution < -0.4 is 0 Å². The number of aliphatic imine (C=N–C) groups is 1. The van der Waals surface area contributed by atoms with Crippen LogP contribution in [0.25, 0.3) is 0 Å². The van der Waals surface area contributed by atoms with Crippen molar-refractivity contribution in [2.75, 3.05) is 6.54 Å². The lowest BCUT2D eigenvalue weighted by Gasteiger charge is -2.08. The zero-order valence-corrected chi connectivity index (χ0v) is 6.17. The van der Waals surface area contributed by atoms with Gasteiger partial charge >= 0.3 is 0 Å². The number of nitriles is 1. The maximum Gasteiger partial charge on any atom is 0.123 e. The summed E-state index contributed by atoms with van der Waals surface area (Å²) >= 11 is 5.56. The normalized spacial score (nSPS) is 23.6. The van der Waals surface area contributed by atoms with E-state index in [2.05, 4.69) is 11.1 Å². The first kappa shape index (κ1) is 7.30. The molecule has 1 heterocycles. The Morgan fingerprint density at radius 2 is 2.70 bits per heavy atom. The van der Waals surface area contributed by atoms with Gasteiger partial charge < -0.3 is 0 Å². The van der Waals surface area contributed by atoms with Crippen LogP contribution in [0, 0.1) is 17.2 Å². The van der Waals surface area contributed by atoms with E-state index in [0.29, 0.717) is 18.1 Å². The highest BCUT2D eigenvalue weighted by Crippen LogP contribution is 2.10. The fourth-order valence-electron chi connectivity index (χ4n) is 0.783. The van der Waals surface area contributed by atoms with Crippen molar-refractivity contribution in [1.82, 2.24) is 0 Å². The Bertz CT molecular complexity index is 212. The summed E-state index contributed by atoms with van der Waals surface area (Å²) in [7, 11) is 0. The summed E-state index contributed by atoms with van der Waals surface area (Å²) in [5.74, 6) is 0.271. The van der Waals surface area contributed by atoms with E-state index < -0.39 is 0 Å². The Morgan fingerprint density at radius 3 is 3.20 bits per heavy atom. The highest BCUT2D eigenvalue weighted by Gasteiger charge is 2.06. The predicted octanol–water partition coefficient (Wildman–Crippen LogP) is 1.72. The lowest BCUT2D eigenvalue weighted by Crippen LogP contribution is -2.05. The molecule has 0 aromatic heterocycles. The van der Waals surface area contributed by atoms with E-state index in [-0.39, 0.29) is 5.92 Å². The van der Waals surface area contributed by atoms with Crippen LogP contribution in [0.5, 0.6) is 0 Å². The van der Waals surface area contributed by atoms with Gasteiger partial charge in [-0.25, -0.2) is 0 Å². The van der Waals surface area contributed by atoms with Crippen LogP contribution in [0.2, 0.25) is 0 Å². The Hall–Kier alpha value is -0.810. The third-order valence-electron chi connectivity index (χ3n) is 1.34. The minimum Gasteiger partial charge on any atom is -0.272 e. The van der Waals surface area contributed by atoms with Crippen molar-refractivity contribution in [1.29, 1.82) is 5.26 Å². The minimum absolute atomic E-state index is 0.271. The van der Waals surface area contributed by atoms with Gasteiger partial charge in [-0.3, -0.25) is 4.99 Å². The van der Waals surface area contributed by atoms with Crippen LogP contribution >= 0.6 is 11.6 Å². The average molecular weight is 155 g/mol. The van der Waals surface area contributed by atoms with Crippen LogP contribution in [-0.4, -0.2) is 11.7 Å². The molecule has 0 aromatic rings. The van der Waals surface area contributed by atoms with Crippen LogP contribution in [0.1, 0.15) is 6.42 Å². The molecule has 1 aliphatic heterocycles. The molecule has 0 bridgehead atoms. The topological polar surface area (TPSA) is 36.1 Å². The quantitative estimate of drug-likeness (QED) is 0.567. The number of halogens is 1. The van der Waals surface area contributed by atoms with E-state index in [4.69, 9.17) is 16.9 Å². The van der Waals surface area contributed by atoms with Crippen molar-refractivity contribution < 1.29 is 0 Å². The first-order valence-electron chi connectivity index (χ1n) is 3.08. The predicted molar refractivity (Wildman–Crippen MR) is 41.0 cm³/mol. The molecule has 2 nitrogen and oxygen atoms in total. The van der Waals surface area contributed by atoms with Crippen molar-refractivity contribution in [3.05, 3.63) is 12.2 Å². The number of rotatable bonds is 1. The van der Waals surface area contributed by atoms with Crippen molar-refractivity contribution in [3.8, 4) is 6.07 Å². The van der Waals surface area contributed by atoms with E-state index >= 15 is 0 Å². The van der Waals surface area contributed by atoms with Gasteiger partial charge in [-0.05, 0) is 6.08 Å². The van der Waals surface area contributed by atoms with Gasteiger partial charge in [0.2, 0.25) is 0 Å². The maximum atomic E-state index is 8.32. The van der Waals surface area contributed by atoms with Crippen molar-refractivity contribution in [2.45, 2.75) is 6.42 Å². The Balaban J connectivity index is 2.46. The monoisotopic (exact) mass is 154 g/mol. The van der Waals surface area contributed by atoms with Crippen LogP contribution in [-0.2, 0) is 0 Å². The summed E-state index contributed by atoms with van der Waals surface area (Å²) < 4.78 is 0. The highest BCUT2D eigenvalue weighted by molar-refractivity contribution is 6.68. The fraction of sp³-hybridized carbons (Fsp3) is 0.429. The third kappa shape index (κ3) is 1.85. The van der Waals surface area contributed by atoms with E-state index in [0.717, 1.165) is 0 Å². The zero-order chi connectivity index (χ0) is 7.40. The lowest BCUT2D eigenvalue weighted by molar-refractivity contribution is 0.678. The fourth-order valence-corrected chi connectivity index (χ4v) is 0.925. The summed E-state index contributed by atoms with van der Waals surface area (Å²) in [5.41, 5.74) is 0. The smallest absolute Gasteiger partial charge is 0.123 e. The minimum atomic E-state index is 0.271. The van der Waals surface area contributed by atoms with Gasteiger partial charge in [0.25, 0.3) is 0 Å². The standard InChI is InChI=1S/C7H7ClN2/c8-7-2-1-6(3-4-9)5-10-7/h1-2,6H,3,5H2. The third-order valence-corrected chi connectivity index (χ3v) is 1.58. The van der Waals surface area contributed by atoms with Gasteiger partial charge in [-0.1, -0.05) is 17.7 Å². The molecule has 1 unspecified atom stereocenters. The summed E-state index contributed by atoms with van der Waals surface area (Å²) in [4.78, 5) is 3.97. The van der Waals surface area contributed by atoms with Gasteiger partial charge in [0.05, 0.1) is 6.07 Å². The van der Waals surface area contributed by atoms with E-state index in [1.807, 2.05) is 6.08 Å². The Kier molecular flexibility index (Phi) is 2.47. The number of allylic oxidation sites excluding steroid dienone is 1. The molecule has 0 saturated heterocycles. The molecule has 0 fully saturated rings. The molecule has 0 N–H and O–H groups in total. The summed E-state index contributed by atoms with van der Waals surface area (Å²) in [6.45, 7) is 0.656. The van der Waals surface area contributed by atoms with Gasteiger partial charge in [-0.15, -0.1) is 0 Å². The zero-order valence-electron chi connectivity index (χ0n) is 5.42. The number of nitrogens with zero attached hydrogens (tertiary/aromatic N) is 2. The van der Waals surface area contributed by atoms with E-state index in [1.54, 1.807) is 6.08 Å². The van der Waals surface area contributed by atoms with Gasteiger partial charge in [0, 0.05) is 18.9 Å².